The third kappa shape index (κ3) is 4.09. The fourth-order valence-corrected chi connectivity index (χ4v) is 2.24. The molecule has 4 nitrogen and oxygen atoms in total. The van der Waals surface area contributed by atoms with E-state index in [0.29, 0.717) is 18.8 Å². The van der Waals surface area contributed by atoms with Gasteiger partial charge in [0.25, 0.3) is 0 Å². The second-order valence-electron chi connectivity index (χ2n) is 5.16. The predicted molar refractivity (Wildman–Crippen MR) is 81.5 cm³/mol. The fourth-order valence-electron chi connectivity index (χ4n) is 2.04. The van der Waals surface area contributed by atoms with E-state index < -0.39 is 5.97 Å². The predicted octanol–water partition coefficient (Wildman–Crippen LogP) is 4.04. The Morgan fingerprint density at radius 3 is 2.52 bits per heavy atom. The maximum Gasteiger partial charge on any atom is 0.371 e. The SMILES string of the molecule is CC(C)N(Cc1ccc(C(=O)O)o1)Cc1ccccc1Cl. The number of carbonyl (C=O) groups is 1. The maximum atomic E-state index is 10.8. The van der Waals surface area contributed by atoms with Crippen LogP contribution in [0.25, 0.3) is 0 Å². The van der Waals surface area contributed by atoms with E-state index in [1.165, 1.54) is 6.07 Å². The van der Waals surface area contributed by atoms with Gasteiger partial charge in [0.2, 0.25) is 5.76 Å². The minimum absolute atomic E-state index is 0.0357. The van der Waals surface area contributed by atoms with Crippen LogP contribution in [0.1, 0.15) is 35.7 Å². The zero-order chi connectivity index (χ0) is 15.4. The Balaban J connectivity index is 2.12. The van der Waals surface area contributed by atoms with Crippen LogP contribution in [0.4, 0.5) is 0 Å². The number of halogens is 1. The highest BCUT2D eigenvalue weighted by Crippen LogP contribution is 2.20. The Hall–Kier alpha value is -1.78. The van der Waals surface area contributed by atoms with Crippen molar-refractivity contribution in [1.29, 1.82) is 0 Å². The minimum atomic E-state index is -1.05. The highest BCUT2D eigenvalue weighted by Gasteiger charge is 2.16. The van der Waals surface area contributed by atoms with E-state index in [2.05, 4.69) is 18.7 Å². The topological polar surface area (TPSA) is 53.7 Å². The standard InChI is InChI=1S/C16H18ClNO3/c1-11(2)18(9-12-5-3-4-6-14(12)17)10-13-7-8-15(21-13)16(19)20/h3-8,11H,9-10H2,1-2H3,(H,19,20). The average molecular weight is 308 g/mol. The second-order valence-corrected chi connectivity index (χ2v) is 5.57. The van der Waals surface area contributed by atoms with Crippen LogP contribution >= 0.6 is 11.6 Å². The summed E-state index contributed by atoms with van der Waals surface area (Å²) in [5, 5.41) is 9.62. The van der Waals surface area contributed by atoms with E-state index >= 15 is 0 Å². The molecule has 0 amide bonds. The van der Waals surface area contributed by atoms with Gasteiger partial charge in [-0.2, -0.15) is 0 Å². The van der Waals surface area contributed by atoms with Crippen molar-refractivity contribution in [3.63, 3.8) is 0 Å². The van der Waals surface area contributed by atoms with Crippen molar-refractivity contribution in [3.8, 4) is 0 Å². The lowest BCUT2D eigenvalue weighted by atomic mass is 10.2. The zero-order valence-corrected chi connectivity index (χ0v) is 12.8. The summed E-state index contributed by atoms with van der Waals surface area (Å²) in [6.07, 6.45) is 0. The van der Waals surface area contributed by atoms with Crippen LogP contribution in [0.5, 0.6) is 0 Å². The van der Waals surface area contributed by atoms with Crippen molar-refractivity contribution < 1.29 is 14.3 Å². The molecule has 0 bridgehead atoms. The van der Waals surface area contributed by atoms with Gasteiger partial charge in [-0.1, -0.05) is 29.8 Å². The molecule has 21 heavy (non-hydrogen) atoms. The Morgan fingerprint density at radius 2 is 1.95 bits per heavy atom. The summed E-state index contributed by atoms with van der Waals surface area (Å²) in [6, 6.07) is 11.2. The van der Waals surface area contributed by atoms with E-state index in [-0.39, 0.29) is 11.8 Å². The van der Waals surface area contributed by atoms with Crippen molar-refractivity contribution in [2.24, 2.45) is 0 Å². The Morgan fingerprint density at radius 1 is 1.24 bits per heavy atom. The molecule has 2 rings (SSSR count). The summed E-state index contributed by atoms with van der Waals surface area (Å²) in [5.74, 6) is -0.456. The van der Waals surface area contributed by atoms with Crippen LogP contribution in [-0.4, -0.2) is 22.0 Å². The molecule has 1 heterocycles. The van der Waals surface area contributed by atoms with Gasteiger partial charge in [0.15, 0.2) is 0 Å². The van der Waals surface area contributed by atoms with Gasteiger partial charge in [-0.25, -0.2) is 4.79 Å². The number of rotatable bonds is 6. The Labute approximate surface area is 128 Å². The van der Waals surface area contributed by atoms with Gasteiger partial charge in [-0.15, -0.1) is 0 Å². The lowest BCUT2D eigenvalue weighted by Crippen LogP contribution is -2.29. The first-order valence-electron chi connectivity index (χ1n) is 6.77. The molecule has 0 aliphatic rings. The maximum absolute atomic E-state index is 10.8. The van der Waals surface area contributed by atoms with Crippen LogP contribution in [0.3, 0.4) is 0 Å². The Kier molecular flexibility index (Phi) is 5.04. The van der Waals surface area contributed by atoms with Crippen molar-refractivity contribution in [2.75, 3.05) is 0 Å². The van der Waals surface area contributed by atoms with Crippen LogP contribution in [0.15, 0.2) is 40.8 Å². The van der Waals surface area contributed by atoms with Gasteiger partial charge in [0.05, 0.1) is 6.54 Å². The number of nitrogens with zero attached hydrogens (tertiary/aromatic N) is 1. The number of hydrogen-bond acceptors (Lipinski definition) is 3. The lowest BCUT2D eigenvalue weighted by molar-refractivity contribution is 0.0657. The number of carboxylic acid groups (broad SMARTS) is 1. The van der Waals surface area contributed by atoms with E-state index in [1.54, 1.807) is 6.07 Å². The molecule has 0 aliphatic carbocycles. The quantitative estimate of drug-likeness (QED) is 0.875. The molecule has 5 heteroatoms. The molecule has 1 N–H and O–H groups in total. The molecule has 0 radical (unpaired) electrons. The van der Waals surface area contributed by atoms with Gasteiger partial charge < -0.3 is 9.52 Å². The monoisotopic (exact) mass is 307 g/mol. The molecule has 1 aromatic carbocycles. The summed E-state index contributed by atoms with van der Waals surface area (Å²) in [5.41, 5.74) is 1.04. The highest BCUT2D eigenvalue weighted by molar-refractivity contribution is 6.31. The molecular weight excluding hydrogens is 290 g/mol. The number of furan rings is 1. The molecule has 1 aromatic heterocycles. The molecule has 0 unspecified atom stereocenters. The largest absolute Gasteiger partial charge is 0.475 e. The number of aromatic carboxylic acids is 1. The van der Waals surface area contributed by atoms with E-state index in [0.717, 1.165) is 10.6 Å². The number of benzene rings is 1. The molecule has 0 fully saturated rings. The summed E-state index contributed by atoms with van der Waals surface area (Å²) in [6.45, 7) is 5.38. The van der Waals surface area contributed by atoms with Gasteiger partial charge in [0.1, 0.15) is 5.76 Å². The average Bonchev–Trinajstić information content (AvgIpc) is 2.89. The van der Waals surface area contributed by atoms with Crippen molar-refractivity contribution in [1.82, 2.24) is 4.90 Å². The summed E-state index contributed by atoms with van der Waals surface area (Å²) < 4.78 is 5.32. The Bertz CT molecular complexity index is 621. The van der Waals surface area contributed by atoms with Gasteiger partial charge in [-0.3, -0.25) is 4.90 Å². The number of hydrogen-bond donors (Lipinski definition) is 1. The van der Waals surface area contributed by atoms with Crippen LogP contribution in [0.2, 0.25) is 5.02 Å². The van der Waals surface area contributed by atoms with Crippen molar-refractivity contribution in [3.05, 3.63) is 58.5 Å². The second kappa shape index (κ2) is 6.78. The zero-order valence-electron chi connectivity index (χ0n) is 12.0. The van der Waals surface area contributed by atoms with E-state index in [4.69, 9.17) is 21.1 Å². The first-order valence-corrected chi connectivity index (χ1v) is 7.14. The normalized spacial score (nSPS) is 11.3. The molecule has 0 saturated carbocycles. The molecule has 0 aliphatic heterocycles. The smallest absolute Gasteiger partial charge is 0.371 e. The third-order valence-corrected chi connectivity index (χ3v) is 3.66. The summed E-state index contributed by atoms with van der Waals surface area (Å²) in [4.78, 5) is 13.0. The lowest BCUT2D eigenvalue weighted by Gasteiger charge is -2.26. The van der Waals surface area contributed by atoms with E-state index in [9.17, 15) is 4.79 Å². The summed E-state index contributed by atoms with van der Waals surface area (Å²) >= 11 is 6.19. The molecule has 112 valence electrons. The van der Waals surface area contributed by atoms with Gasteiger partial charge in [0, 0.05) is 17.6 Å². The highest BCUT2D eigenvalue weighted by atomic mass is 35.5. The third-order valence-electron chi connectivity index (χ3n) is 3.29. The molecular formula is C16H18ClNO3. The van der Waals surface area contributed by atoms with E-state index in [1.807, 2.05) is 24.3 Å². The molecule has 0 atom stereocenters. The van der Waals surface area contributed by atoms with Crippen molar-refractivity contribution in [2.45, 2.75) is 33.0 Å². The van der Waals surface area contributed by atoms with Crippen LogP contribution < -0.4 is 0 Å². The van der Waals surface area contributed by atoms with Crippen LogP contribution in [-0.2, 0) is 13.1 Å². The van der Waals surface area contributed by atoms with Crippen molar-refractivity contribution >= 4 is 17.6 Å². The van der Waals surface area contributed by atoms with Gasteiger partial charge >= 0.3 is 5.97 Å². The first kappa shape index (κ1) is 15.6. The first-order chi connectivity index (χ1) is 9.97. The minimum Gasteiger partial charge on any atom is -0.475 e. The fraction of sp³-hybridized carbons (Fsp3) is 0.312. The number of carboxylic acids is 1. The van der Waals surface area contributed by atoms with Crippen LogP contribution in [0, 0.1) is 0 Å². The molecule has 0 spiro atoms. The molecule has 0 saturated heterocycles. The summed E-state index contributed by atoms with van der Waals surface area (Å²) in [7, 11) is 0. The molecule has 2 aromatic rings. The van der Waals surface area contributed by atoms with Gasteiger partial charge in [-0.05, 0) is 37.6 Å².